The number of rotatable bonds is 5. The van der Waals surface area contributed by atoms with Crippen LogP contribution in [0.4, 0.5) is 11.4 Å². The van der Waals surface area contributed by atoms with Crippen molar-refractivity contribution in [2.24, 2.45) is 5.92 Å². The van der Waals surface area contributed by atoms with Crippen molar-refractivity contribution in [1.82, 2.24) is 0 Å². The van der Waals surface area contributed by atoms with Crippen molar-refractivity contribution in [2.45, 2.75) is 39.4 Å². The SMILES string of the molecule is CC(C)CC(=O)Nc1ccc(NC(=O)C2Oc3ccccc3OC2C)cc1. The molecule has 2 amide bonds. The van der Waals surface area contributed by atoms with Gasteiger partial charge in [-0.3, -0.25) is 9.59 Å². The molecule has 6 nitrogen and oxygen atoms in total. The molecule has 27 heavy (non-hydrogen) atoms. The van der Waals surface area contributed by atoms with E-state index < -0.39 is 12.2 Å². The number of ether oxygens (including phenoxy) is 2. The highest BCUT2D eigenvalue weighted by atomic mass is 16.6. The van der Waals surface area contributed by atoms with Crippen molar-refractivity contribution in [3.63, 3.8) is 0 Å². The summed E-state index contributed by atoms with van der Waals surface area (Å²) in [6.45, 7) is 5.79. The molecule has 0 radical (unpaired) electrons. The monoisotopic (exact) mass is 368 g/mol. The highest BCUT2D eigenvalue weighted by Gasteiger charge is 2.34. The van der Waals surface area contributed by atoms with Crippen LogP contribution in [-0.2, 0) is 9.59 Å². The summed E-state index contributed by atoms with van der Waals surface area (Å²) in [7, 11) is 0. The number of hydrogen-bond donors (Lipinski definition) is 2. The number of nitrogens with one attached hydrogen (secondary N) is 2. The fraction of sp³-hybridized carbons (Fsp3) is 0.333. The molecule has 2 atom stereocenters. The van der Waals surface area contributed by atoms with Crippen molar-refractivity contribution in [2.75, 3.05) is 10.6 Å². The molecule has 142 valence electrons. The van der Waals surface area contributed by atoms with Crippen LogP contribution in [0.15, 0.2) is 48.5 Å². The molecule has 2 unspecified atom stereocenters. The number of benzene rings is 2. The van der Waals surface area contributed by atoms with Crippen LogP contribution in [0.2, 0.25) is 0 Å². The van der Waals surface area contributed by atoms with Gasteiger partial charge in [-0.1, -0.05) is 26.0 Å². The maximum absolute atomic E-state index is 12.6. The molecular formula is C21H24N2O4. The molecule has 2 N–H and O–H groups in total. The van der Waals surface area contributed by atoms with Gasteiger partial charge < -0.3 is 20.1 Å². The highest BCUT2D eigenvalue weighted by Crippen LogP contribution is 2.33. The Hall–Kier alpha value is -3.02. The summed E-state index contributed by atoms with van der Waals surface area (Å²) in [5.74, 6) is 1.18. The summed E-state index contributed by atoms with van der Waals surface area (Å²) >= 11 is 0. The van der Waals surface area contributed by atoms with Crippen molar-refractivity contribution in [1.29, 1.82) is 0 Å². The molecule has 6 heteroatoms. The number of carbonyl (C=O) groups excluding carboxylic acids is 2. The average molecular weight is 368 g/mol. The van der Waals surface area contributed by atoms with Gasteiger partial charge in [0, 0.05) is 17.8 Å². The Morgan fingerprint density at radius 2 is 1.48 bits per heavy atom. The molecule has 0 saturated carbocycles. The van der Waals surface area contributed by atoms with Crippen LogP contribution in [0.1, 0.15) is 27.2 Å². The van der Waals surface area contributed by atoms with Gasteiger partial charge in [0.1, 0.15) is 6.10 Å². The Bertz CT molecular complexity index is 817. The maximum atomic E-state index is 12.6. The minimum Gasteiger partial charge on any atom is -0.482 e. The van der Waals surface area contributed by atoms with Gasteiger partial charge in [0.2, 0.25) is 12.0 Å². The zero-order chi connectivity index (χ0) is 19.4. The van der Waals surface area contributed by atoms with Crippen LogP contribution < -0.4 is 20.1 Å². The molecule has 0 spiro atoms. The van der Waals surface area contributed by atoms with E-state index in [4.69, 9.17) is 9.47 Å². The third-order valence-electron chi connectivity index (χ3n) is 4.13. The summed E-state index contributed by atoms with van der Waals surface area (Å²) in [5, 5.41) is 5.67. The van der Waals surface area contributed by atoms with Gasteiger partial charge in [-0.25, -0.2) is 0 Å². The molecule has 1 aliphatic rings. The quantitative estimate of drug-likeness (QED) is 0.841. The molecule has 1 aliphatic heterocycles. The molecule has 0 bridgehead atoms. The number of anilines is 2. The molecule has 0 aromatic heterocycles. The van der Waals surface area contributed by atoms with E-state index in [9.17, 15) is 9.59 Å². The van der Waals surface area contributed by atoms with Crippen molar-refractivity contribution in [3.05, 3.63) is 48.5 Å². The summed E-state index contributed by atoms with van der Waals surface area (Å²) in [4.78, 5) is 24.4. The van der Waals surface area contributed by atoms with Gasteiger partial charge in [-0.15, -0.1) is 0 Å². The fourth-order valence-electron chi connectivity index (χ4n) is 2.84. The zero-order valence-electron chi connectivity index (χ0n) is 15.7. The van der Waals surface area contributed by atoms with Crippen LogP contribution in [0, 0.1) is 5.92 Å². The van der Waals surface area contributed by atoms with E-state index in [1.54, 1.807) is 37.3 Å². The molecular weight excluding hydrogens is 344 g/mol. The molecule has 2 aromatic carbocycles. The first-order valence-electron chi connectivity index (χ1n) is 9.05. The first-order chi connectivity index (χ1) is 12.9. The summed E-state index contributed by atoms with van der Waals surface area (Å²) in [6, 6.07) is 14.3. The zero-order valence-corrected chi connectivity index (χ0v) is 15.7. The van der Waals surface area contributed by atoms with E-state index in [1.165, 1.54) is 0 Å². The normalized spacial score (nSPS) is 18.1. The van der Waals surface area contributed by atoms with E-state index in [1.807, 2.05) is 32.0 Å². The number of hydrogen-bond acceptors (Lipinski definition) is 4. The first-order valence-corrected chi connectivity index (χ1v) is 9.05. The Labute approximate surface area is 158 Å². The van der Waals surface area contributed by atoms with Gasteiger partial charge in [-0.2, -0.15) is 0 Å². The second-order valence-corrected chi connectivity index (χ2v) is 7.02. The smallest absolute Gasteiger partial charge is 0.269 e. The molecule has 1 heterocycles. The minimum atomic E-state index is -0.745. The molecule has 2 aromatic rings. The minimum absolute atomic E-state index is 0.0259. The predicted molar refractivity (Wildman–Crippen MR) is 104 cm³/mol. The lowest BCUT2D eigenvalue weighted by molar-refractivity contribution is -0.128. The number of para-hydroxylation sites is 2. The summed E-state index contributed by atoms with van der Waals surface area (Å²) in [6.07, 6.45) is -0.684. The summed E-state index contributed by atoms with van der Waals surface area (Å²) < 4.78 is 11.6. The van der Waals surface area contributed by atoms with Gasteiger partial charge in [-0.05, 0) is 49.2 Å². The van der Waals surface area contributed by atoms with Gasteiger partial charge >= 0.3 is 0 Å². The lowest BCUT2D eigenvalue weighted by Crippen LogP contribution is -2.46. The van der Waals surface area contributed by atoms with Crippen LogP contribution in [0.5, 0.6) is 11.5 Å². The largest absolute Gasteiger partial charge is 0.482 e. The summed E-state index contributed by atoms with van der Waals surface area (Å²) in [5.41, 5.74) is 1.31. The maximum Gasteiger partial charge on any atom is 0.269 e. The van der Waals surface area contributed by atoms with E-state index in [0.717, 1.165) is 0 Å². The van der Waals surface area contributed by atoms with Crippen LogP contribution >= 0.6 is 0 Å². The number of amides is 2. The van der Waals surface area contributed by atoms with Gasteiger partial charge in [0.15, 0.2) is 11.5 Å². The highest BCUT2D eigenvalue weighted by molar-refractivity contribution is 5.96. The molecule has 3 rings (SSSR count). The second kappa shape index (κ2) is 8.12. The lowest BCUT2D eigenvalue weighted by Gasteiger charge is -2.31. The molecule has 0 fully saturated rings. The third kappa shape index (κ3) is 4.78. The number of carbonyl (C=O) groups is 2. The first kappa shape index (κ1) is 18.8. The van der Waals surface area contributed by atoms with Crippen molar-refractivity contribution in [3.8, 4) is 11.5 Å². The average Bonchev–Trinajstić information content (AvgIpc) is 2.62. The fourth-order valence-corrected chi connectivity index (χ4v) is 2.84. The second-order valence-electron chi connectivity index (χ2n) is 7.02. The van der Waals surface area contributed by atoms with E-state index in [0.29, 0.717) is 35.2 Å². The number of fused-ring (bicyclic) bond motifs is 1. The third-order valence-corrected chi connectivity index (χ3v) is 4.13. The van der Waals surface area contributed by atoms with E-state index >= 15 is 0 Å². The Kier molecular flexibility index (Phi) is 5.64. The molecule has 0 saturated heterocycles. The van der Waals surface area contributed by atoms with Crippen LogP contribution in [0.25, 0.3) is 0 Å². The van der Waals surface area contributed by atoms with Gasteiger partial charge in [0.25, 0.3) is 5.91 Å². The molecule has 0 aliphatic carbocycles. The Morgan fingerprint density at radius 3 is 2.07 bits per heavy atom. The standard InChI is InChI=1S/C21H24N2O4/c1-13(2)12-19(24)22-15-8-10-16(11-9-15)23-21(25)20-14(3)26-17-6-4-5-7-18(17)27-20/h4-11,13-14,20H,12H2,1-3H3,(H,22,24)(H,23,25). The van der Waals surface area contributed by atoms with Gasteiger partial charge in [0.05, 0.1) is 0 Å². The topological polar surface area (TPSA) is 76.7 Å². The predicted octanol–water partition coefficient (Wildman–Crippen LogP) is 3.84. The van der Waals surface area contributed by atoms with Crippen molar-refractivity contribution >= 4 is 23.2 Å². The van der Waals surface area contributed by atoms with Crippen LogP contribution in [0.3, 0.4) is 0 Å². The lowest BCUT2D eigenvalue weighted by atomic mass is 10.1. The Morgan fingerprint density at radius 1 is 0.926 bits per heavy atom. The van der Waals surface area contributed by atoms with Crippen molar-refractivity contribution < 1.29 is 19.1 Å². The van der Waals surface area contributed by atoms with E-state index in [-0.39, 0.29) is 11.8 Å². The van der Waals surface area contributed by atoms with Crippen LogP contribution in [-0.4, -0.2) is 24.0 Å². The Balaban J connectivity index is 1.60. The van der Waals surface area contributed by atoms with E-state index in [2.05, 4.69) is 10.6 Å².